The first-order valence-corrected chi connectivity index (χ1v) is 9.13. The second-order valence-corrected chi connectivity index (χ2v) is 6.26. The van der Waals surface area contributed by atoms with E-state index in [1.165, 1.54) is 0 Å². The predicted octanol–water partition coefficient (Wildman–Crippen LogP) is 3.64. The van der Waals surface area contributed by atoms with Crippen molar-refractivity contribution in [3.63, 3.8) is 0 Å². The molecule has 0 spiro atoms. The number of amides is 2. The van der Waals surface area contributed by atoms with Gasteiger partial charge >= 0.3 is 0 Å². The molecule has 0 bridgehead atoms. The average Bonchev–Trinajstić information content (AvgIpc) is 2.78. The van der Waals surface area contributed by atoms with Gasteiger partial charge in [-0.3, -0.25) is 9.59 Å². The molecule has 0 radical (unpaired) electrons. The molecule has 0 unspecified atom stereocenters. The molecule has 148 valence electrons. The van der Waals surface area contributed by atoms with E-state index in [1.807, 2.05) is 30.3 Å². The van der Waals surface area contributed by atoms with Crippen LogP contribution in [0.3, 0.4) is 0 Å². The summed E-state index contributed by atoms with van der Waals surface area (Å²) in [5.41, 5.74) is 2.16. The van der Waals surface area contributed by atoms with Gasteiger partial charge in [0, 0.05) is 11.3 Å². The summed E-state index contributed by atoms with van der Waals surface area (Å²) in [6.07, 6.45) is 0. The lowest BCUT2D eigenvalue weighted by atomic mass is 10.2. The molecule has 3 aromatic carbocycles. The Bertz CT molecular complexity index is 939. The molecule has 0 saturated carbocycles. The summed E-state index contributed by atoms with van der Waals surface area (Å²) in [7, 11) is 1.56. The number of ether oxygens (including phenoxy) is 2. The molecule has 0 aliphatic rings. The summed E-state index contributed by atoms with van der Waals surface area (Å²) < 4.78 is 10.8. The number of anilines is 1. The number of hydrogen-bond donors (Lipinski definition) is 2. The Kier molecular flexibility index (Phi) is 6.84. The van der Waals surface area contributed by atoms with Crippen molar-refractivity contribution in [1.82, 2.24) is 5.32 Å². The van der Waals surface area contributed by atoms with Crippen LogP contribution in [0.15, 0.2) is 78.9 Å². The van der Waals surface area contributed by atoms with E-state index in [0.29, 0.717) is 29.4 Å². The van der Waals surface area contributed by atoms with Crippen molar-refractivity contribution in [2.45, 2.75) is 6.61 Å². The van der Waals surface area contributed by atoms with E-state index >= 15 is 0 Å². The Morgan fingerprint density at radius 2 is 1.48 bits per heavy atom. The molecule has 0 heterocycles. The zero-order valence-electron chi connectivity index (χ0n) is 16.1. The summed E-state index contributed by atoms with van der Waals surface area (Å²) in [5.74, 6) is 0.729. The van der Waals surface area contributed by atoms with Crippen molar-refractivity contribution < 1.29 is 19.1 Å². The minimum Gasteiger partial charge on any atom is -0.497 e. The van der Waals surface area contributed by atoms with Crippen molar-refractivity contribution >= 4 is 17.5 Å². The van der Waals surface area contributed by atoms with E-state index in [1.54, 1.807) is 55.6 Å². The van der Waals surface area contributed by atoms with Crippen LogP contribution in [-0.4, -0.2) is 25.5 Å². The van der Waals surface area contributed by atoms with E-state index in [2.05, 4.69) is 10.6 Å². The van der Waals surface area contributed by atoms with E-state index in [4.69, 9.17) is 9.47 Å². The first-order chi connectivity index (χ1) is 14.1. The minimum atomic E-state index is -0.326. The number of methoxy groups -OCH3 is 1. The molecular weight excluding hydrogens is 368 g/mol. The third-order valence-electron chi connectivity index (χ3n) is 4.15. The number of rotatable bonds is 8. The van der Waals surface area contributed by atoms with E-state index in [9.17, 15) is 9.59 Å². The van der Waals surface area contributed by atoms with Gasteiger partial charge in [0.05, 0.1) is 13.7 Å². The molecule has 0 aliphatic carbocycles. The second kappa shape index (κ2) is 9.94. The molecule has 6 nitrogen and oxygen atoms in total. The van der Waals surface area contributed by atoms with Crippen LogP contribution >= 0.6 is 0 Å². The molecule has 6 heteroatoms. The fourth-order valence-electron chi connectivity index (χ4n) is 2.59. The maximum absolute atomic E-state index is 12.1. The van der Waals surface area contributed by atoms with Crippen molar-refractivity contribution in [3.05, 3.63) is 90.0 Å². The van der Waals surface area contributed by atoms with Crippen LogP contribution < -0.4 is 20.1 Å². The standard InChI is InChI=1S/C23H22N2O4/c1-28-20-11-7-18(8-12-20)23(27)24-15-22(26)25-19-9-13-21(14-10-19)29-16-17-5-3-2-4-6-17/h2-14H,15-16H2,1H3,(H,24,27)(H,25,26). The smallest absolute Gasteiger partial charge is 0.251 e. The fraction of sp³-hybridized carbons (Fsp3) is 0.130. The first-order valence-electron chi connectivity index (χ1n) is 9.13. The molecule has 2 amide bonds. The van der Waals surface area contributed by atoms with Crippen molar-refractivity contribution in [2.24, 2.45) is 0 Å². The Labute approximate surface area is 169 Å². The molecule has 2 N–H and O–H groups in total. The molecule has 0 aromatic heterocycles. The van der Waals surface area contributed by atoms with Crippen LogP contribution in [0.5, 0.6) is 11.5 Å². The van der Waals surface area contributed by atoms with Gasteiger partial charge in [-0.05, 0) is 54.1 Å². The molecule has 0 fully saturated rings. The van der Waals surface area contributed by atoms with Gasteiger partial charge in [-0.25, -0.2) is 0 Å². The van der Waals surface area contributed by atoms with Gasteiger partial charge in [-0.15, -0.1) is 0 Å². The van der Waals surface area contributed by atoms with E-state index in [0.717, 1.165) is 5.56 Å². The number of nitrogens with one attached hydrogen (secondary N) is 2. The molecule has 3 rings (SSSR count). The van der Waals surface area contributed by atoms with E-state index < -0.39 is 0 Å². The van der Waals surface area contributed by atoms with Crippen molar-refractivity contribution in [3.8, 4) is 11.5 Å². The van der Waals surface area contributed by atoms with E-state index in [-0.39, 0.29) is 18.4 Å². The topological polar surface area (TPSA) is 76.7 Å². The van der Waals surface area contributed by atoms with Gasteiger partial charge < -0.3 is 20.1 Å². The summed E-state index contributed by atoms with van der Waals surface area (Å²) in [6, 6.07) is 23.6. The third kappa shape index (κ3) is 6.10. The van der Waals surface area contributed by atoms with Crippen LogP contribution in [0.4, 0.5) is 5.69 Å². The maximum Gasteiger partial charge on any atom is 0.251 e. The lowest BCUT2D eigenvalue weighted by Gasteiger charge is -2.09. The average molecular weight is 390 g/mol. The van der Waals surface area contributed by atoms with Crippen LogP contribution in [0.1, 0.15) is 15.9 Å². The number of hydrogen-bond acceptors (Lipinski definition) is 4. The van der Waals surface area contributed by atoms with Crippen LogP contribution in [0, 0.1) is 0 Å². The predicted molar refractivity (Wildman–Crippen MR) is 111 cm³/mol. The summed E-state index contributed by atoms with van der Waals surface area (Å²) in [6.45, 7) is 0.348. The lowest BCUT2D eigenvalue weighted by molar-refractivity contribution is -0.115. The van der Waals surface area contributed by atoms with Crippen LogP contribution in [0.25, 0.3) is 0 Å². The molecule has 3 aromatic rings. The maximum atomic E-state index is 12.1. The monoisotopic (exact) mass is 390 g/mol. The summed E-state index contributed by atoms with van der Waals surface area (Å²) in [5, 5.41) is 5.33. The highest BCUT2D eigenvalue weighted by Crippen LogP contribution is 2.17. The Morgan fingerprint density at radius 3 is 2.14 bits per heavy atom. The molecule has 0 aliphatic heterocycles. The number of carbonyl (C=O) groups is 2. The first kappa shape index (κ1) is 19.9. The van der Waals surface area contributed by atoms with Gasteiger partial charge in [-0.2, -0.15) is 0 Å². The molecule has 0 atom stereocenters. The SMILES string of the molecule is COc1ccc(C(=O)NCC(=O)Nc2ccc(OCc3ccccc3)cc2)cc1. The Hall–Kier alpha value is -3.80. The fourth-order valence-corrected chi connectivity index (χ4v) is 2.59. The lowest BCUT2D eigenvalue weighted by Crippen LogP contribution is -2.32. The molecular formula is C23H22N2O4. The highest BCUT2D eigenvalue weighted by atomic mass is 16.5. The minimum absolute atomic E-state index is 0.128. The second-order valence-electron chi connectivity index (χ2n) is 6.26. The van der Waals surface area contributed by atoms with Crippen LogP contribution in [0.2, 0.25) is 0 Å². The zero-order chi connectivity index (χ0) is 20.5. The van der Waals surface area contributed by atoms with Crippen LogP contribution in [-0.2, 0) is 11.4 Å². The molecule has 0 saturated heterocycles. The largest absolute Gasteiger partial charge is 0.497 e. The molecule has 29 heavy (non-hydrogen) atoms. The van der Waals surface area contributed by atoms with Gasteiger partial charge in [0.1, 0.15) is 18.1 Å². The Balaban J connectivity index is 1.44. The number of benzene rings is 3. The highest BCUT2D eigenvalue weighted by molar-refractivity contribution is 5.99. The van der Waals surface area contributed by atoms with Crippen molar-refractivity contribution in [2.75, 3.05) is 19.0 Å². The Morgan fingerprint density at radius 1 is 0.828 bits per heavy atom. The van der Waals surface area contributed by atoms with Gasteiger partial charge in [0.2, 0.25) is 5.91 Å². The van der Waals surface area contributed by atoms with Crippen molar-refractivity contribution in [1.29, 1.82) is 0 Å². The third-order valence-corrected chi connectivity index (χ3v) is 4.15. The summed E-state index contributed by atoms with van der Waals surface area (Å²) >= 11 is 0. The van der Waals surface area contributed by atoms with Gasteiger partial charge in [0.15, 0.2) is 0 Å². The summed E-state index contributed by atoms with van der Waals surface area (Å²) in [4.78, 5) is 24.2. The normalized spacial score (nSPS) is 10.1. The van der Waals surface area contributed by atoms with Gasteiger partial charge in [0.25, 0.3) is 5.91 Å². The number of carbonyl (C=O) groups excluding carboxylic acids is 2. The highest BCUT2D eigenvalue weighted by Gasteiger charge is 2.08. The zero-order valence-corrected chi connectivity index (χ0v) is 16.1. The van der Waals surface area contributed by atoms with Gasteiger partial charge in [-0.1, -0.05) is 30.3 Å². The quantitative estimate of drug-likeness (QED) is 0.616.